The van der Waals surface area contributed by atoms with Gasteiger partial charge in [0.15, 0.2) is 17.3 Å². The molecule has 2 heterocycles. The highest BCUT2D eigenvalue weighted by molar-refractivity contribution is 7.15. The van der Waals surface area contributed by atoms with Gasteiger partial charge in [-0.05, 0) is 47.5 Å². The number of carbonyl (C=O) groups is 1. The van der Waals surface area contributed by atoms with Gasteiger partial charge in [0.2, 0.25) is 4.96 Å². The molecule has 4 rings (SSSR count). The molecule has 0 N–H and O–H groups in total. The first-order valence-corrected chi connectivity index (χ1v) is 9.96. The van der Waals surface area contributed by atoms with Crippen molar-refractivity contribution in [3.63, 3.8) is 0 Å². The molecule has 2 aromatic carbocycles. The van der Waals surface area contributed by atoms with Crippen LogP contribution in [0.2, 0.25) is 0 Å². The molecule has 0 bridgehead atoms. The molecule has 0 aliphatic heterocycles. The molecule has 31 heavy (non-hydrogen) atoms. The van der Waals surface area contributed by atoms with E-state index in [2.05, 4.69) is 10.1 Å². The Morgan fingerprint density at radius 1 is 1.10 bits per heavy atom. The maximum absolute atomic E-state index is 13.0. The van der Waals surface area contributed by atoms with Crippen molar-refractivity contribution >= 4 is 40.5 Å². The fourth-order valence-corrected chi connectivity index (χ4v) is 3.74. The van der Waals surface area contributed by atoms with E-state index in [1.54, 1.807) is 48.6 Å². The van der Waals surface area contributed by atoms with Crippen molar-refractivity contribution in [2.45, 2.75) is 6.92 Å². The van der Waals surface area contributed by atoms with Crippen LogP contribution in [0.4, 0.5) is 4.39 Å². The maximum atomic E-state index is 13.0. The number of halogens is 1. The van der Waals surface area contributed by atoms with Crippen molar-refractivity contribution in [1.29, 1.82) is 0 Å². The third-order valence-corrected chi connectivity index (χ3v) is 5.19. The summed E-state index contributed by atoms with van der Waals surface area (Å²) in [6, 6.07) is 11.0. The number of methoxy groups -OCH3 is 1. The van der Waals surface area contributed by atoms with Gasteiger partial charge in [-0.15, -0.1) is 5.10 Å². The molecule has 9 heteroatoms. The van der Waals surface area contributed by atoms with Crippen LogP contribution in [0.25, 0.3) is 23.2 Å². The summed E-state index contributed by atoms with van der Waals surface area (Å²) in [5.74, 6) is 0.299. The van der Waals surface area contributed by atoms with Gasteiger partial charge in [0.1, 0.15) is 5.82 Å². The lowest BCUT2D eigenvalue weighted by molar-refractivity contribution is -0.132. The molecule has 0 amide bonds. The van der Waals surface area contributed by atoms with Crippen LogP contribution in [0.15, 0.2) is 47.3 Å². The number of esters is 1. The average molecular weight is 437 g/mol. The van der Waals surface area contributed by atoms with E-state index in [1.165, 1.54) is 42.0 Å². The van der Waals surface area contributed by atoms with Crippen LogP contribution in [0.3, 0.4) is 0 Å². The van der Waals surface area contributed by atoms with Gasteiger partial charge in [-0.3, -0.25) is 9.59 Å². The molecule has 4 aromatic rings. The fraction of sp³-hybridized carbons (Fsp3) is 0.0909. The molecule has 2 aromatic heterocycles. The Morgan fingerprint density at radius 3 is 2.52 bits per heavy atom. The Balaban J connectivity index is 1.63. The topological polar surface area (TPSA) is 82.8 Å². The SMILES string of the molecule is COc1cc(/C=c2\sc3nc(/C=C/c4ccc(F)cc4)nn3c2=O)ccc1OC(C)=O. The Bertz CT molecular complexity index is 1410. The number of hydrogen-bond donors (Lipinski definition) is 0. The quantitative estimate of drug-likeness (QED) is 0.353. The highest BCUT2D eigenvalue weighted by atomic mass is 32.1. The molecular weight excluding hydrogens is 421 g/mol. The van der Waals surface area contributed by atoms with Crippen molar-refractivity contribution in [2.24, 2.45) is 0 Å². The molecule has 0 aliphatic rings. The lowest BCUT2D eigenvalue weighted by Gasteiger charge is -2.08. The highest BCUT2D eigenvalue weighted by Gasteiger charge is 2.11. The van der Waals surface area contributed by atoms with Gasteiger partial charge in [0.25, 0.3) is 5.56 Å². The molecule has 7 nitrogen and oxygen atoms in total. The van der Waals surface area contributed by atoms with E-state index < -0.39 is 5.97 Å². The van der Waals surface area contributed by atoms with E-state index in [0.29, 0.717) is 32.4 Å². The second kappa shape index (κ2) is 8.49. The first-order chi connectivity index (χ1) is 14.9. The Kier molecular flexibility index (Phi) is 5.59. The van der Waals surface area contributed by atoms with Gasteiger partial charge >= 0.3 is 5.97 Å². The van der Waals surface area contributed by atoms with Crippen LogP contribution in [-0.2, 0) is 4.79 Å². The smallest absolute Gasteiger partial charge is 0.308 e. The Labute approximate surface area is 179 Å². The number of thiazole rings is 1. The minimum Gasteiger partial charge on any atom is -0.493 e. The molecule has 156 valence electrons. The van der Waals surface area contributed by atoms with Crippen molar-refractivity contribution in [3.05, 3.63) is 80.1 Å². The van der Waals surface area contributed by atoms with Gasteiger partial charge in [-0.1, -0.05) is 35.6 Å². The molecule has 0 atom stereocenters. The summed E-state index contributed by atoms with van der Waals surface area (Å²) in [6.07, 6.45) is 5.10. The second-order valence-electron chi connectivity index (χ2n) is 6.47. The largest absolute Gasteiger partial charge is 0.493 e. The number of nitrogens with zero attached hydrogens (tertiary/aromatic N) is 3. The van der Waals surface area contributed by atoms with Crippen LogP contribution in [0, 0.1) is 5.82 Å². The van der Waals surface area contributed by atoms with Crippen LogP contribution >= 0.6 is 11.3 Å². The maximum Gasteiger partial charge on any atom is 0.308 e. The van der Waals surface area contributed by atoms with Crippen LogP contribution in [-0.4, -0.2) is 27.7 Å². The van der Waals surface area contributed by atoms with Crippen molar-refractivity contribution in [3.8, 4) is 11.5 Å². The van der Waals surface area contributed by atoms with Gasteiger partial charge in [-0.25, -0.2) is 4.39 Å². The Morgan fingerprint density at radius 2 is 1.84 bits per heavy atom. The van der Waals surface area contributed by atoms with Crippen LogP contribution in [0.5, 0.6) is 11.5 Å². The van der Waals surface area contributed by atoms with E-state index in [9.17, 15) is 14.0 Å². The summed E-state index contributed by atoms with van der Waals surface area (Å²) in [4.78, 5) is 28.7. The fourth-order valence-electron chi connectivity index (χ4n) is 2.83. The number of ether oxygens (including phenoxy) is 2. The van der Waals surface area contributed by atoms with Crippen molar-refractivity contribution < 1.29 is 18.7 Å². The minimum absolute atomic E-state index is 0.294. The molecular formula is C22H16FN3O4S. The van der Waals surface area contributed by atoms with Crippen molar-refractivity contribution in [1.82, 2.24) is 14.6 Å². The summed E-state index contributed by atoms with van der Waals surface area (Å²) >= 11 is 1.20. The molecule has 0 saturated carbocycles. The van der Waals surface area contributed by atoms with E-state index in [0.717, 1.165) is 5.56 Å². The lowest BCUT2D eigenvalue weighted by atomic mass is 10.2. The van der Waals surface area contributed by atoms with Gasteiger partial charge in [0, 0.05) is 6.92 Å². The second-order valence-corrected chi connectivity index (χ2v) is 7.48. The molecule has 0 saturated heterocycles. The van der Waals surface area contributed by atoms with E-state index in [4.69, 9.17) is 9.47 Å². The van der Waals surface area contributed by atoms with Crippen molar-refractivity contribution in [2.75, 3.05) is 7.11 Å². The van der Waals surface area contributed by atoms with Gasteiger partial charge in [0.05, 0.1) is 11.6 Å². The summed E-state index contributed by atoms with van der Waals surface area (Å²) in [7, 11) is 1.47. The van der Waals surface area contributed by atoms with Gasteiger partial charge in [-0.2, -0.15) is 9.50 Å². The molecule has 0 unspecified atom stereocenters. The number of aromatic nitrogens is 3. The summed E-state index contributed by atoms with van der Waals surface area (Å²) in [6.45, 7) is 1.31. The summed E-state index contributed by atoms with van der Waals surface area (Å²) in [5, 5.41) is 4.23. The minimum atomic E-state index is -0.452. The predicted octanol–water partition coefficient (Wildman–Crippen LogP) is 2.94. The Hall–Kier alpha value is -3.85. The van der Waals surface area contributed by atoms with Crippen LogP contribution in [0.1, 0.15) is 23.9 Å². The zero-order chi connectivity index (χ0) is 22.0. The van der Waals surface area contributed by atoms with E-state index in [1.807, 2.05) is 0 Å². The standard InChI is InChI=1S/C22H16FN3O4S/c1-13(27)30-17-9-5-15(11-18(17)29-2)12-19-21(28)26-22(31-19)24-20(25-26)10-6-14-3-7-16(23)8-4-14/h3-12H,1-2H3/b10-6+,19-12-. The monoisotopic (exact) mass is 437 g/mol. The number of rotatable bonds is 5. The third-order valence-electron chi connectivity index (χ3n) is 4.23. The number of hydrogen-bond acceptors (Lipinski definition) is 7. The van der Waals surface area contributed by atoms with Crippen LogP contribution < -0.4 is 19.6 Å². The molecule has 0 spiro atoms. The number of benzene rings is 2. The zero-order valence-electron chi connectivity index (χ0n) is 16.5. The summed E-state index contributed by atoms with van der Waals surface area (Å²) < 4.78 is 25.0. The van der Waals surface area contributed by atoms with E-state index >= 15 is 0 Å². The predicted molar refractivity (Wildman–Crippen MR) is 116 cm³/mol. The number of carbonyl (C=O) groups excluding carboxylic acids is 1. The first-order valence-electron chi connectivity index (χ1n) is 9.14. The molecule has 0 aliphatic carbocycles. The normalized spacial score (nSPS) is 12.0. The first kappa shape index (κ1) is 20.4. The highest BCUT2D eigenvalue weighted by Crippen LogP contribution is 2.28. The van der Waals surface area contributed by atoms with Gasteiger partial charge < -0.3 is 9.47 Å². The zero-order valence-corrected chi connectivity index (χ0v) is 17.4. The lowest BCUT2D eigenvalue weighted by Crippen LogP contribution is -2.23. The molecule has 0 radical (unpaired) electrons. The average Bonchev–Trinajstić information content (AvgIpc) is 3.27. The number of fused-ring (bicyclic) bond motifs is 1. The van der Waals surface area contributed by atoms with E-state index in [-0.39, 0.29) is 11.4 Å². The molecule has 0 fully saturated rings. The third kappa shape index (κ3) is 4.51. The summed E-state index contributed by atoms with van der Waals surface area (Å²) in [5.41, 5.74) is 1.20.